The van der Waals surface area contributed by atoms with E-state index in [9.17, 15) is 10.1 Å². The summed E-state index contributed by atoms with van der Waals surface area (Å²) in [6.07, 6.45) is 0. The number of para-hydroxylation sites is 1. The predicted octanol–water partition coefficient (Wildman–Crippen LogP) is 0.859. The topological polar surface area (TPSA) is 102 Å². The van der Waals surface area contributed by atoms with E-state index in [1.54, 1.807) is 6.92 Å². The van der Waals surface area contributed by atoms with E-state index in [2.05, 4.69) is 20.9 Å². The fraction of sp³-hybridized carbons (Fsp3) is 0.312. The summed E-state index contributed by atoms with van der Waals surface area (Å²) in [6.45, 7) is 4.65. The molecule has 23 heavy (non-hydrogen) atoms. The van der Waals surface area contributed by atoms with Crippen molar-refractivity contribution in [1.82, 2.24) is 9.97 Å². The third kappa shape index (κ3) is 2.83. The van der Waals surface area contributed by atoms with Crippen molar-refractivity contribution >= 4 is 17.3 Å². The molecule has 1 aromatic carbocycles. The summed E-state index contributed by atoms with van der Waals surface area (Å²) in [7, 11) is 0. The number of nitriles is 1. The molecule has 1 aromatic heterocycles. The van der Waals surface area contributed by atoms with Crippen molar-refractivity contribution in [3.05, 3.63) is 45.9 Å². The number of nitrogens with one attached hydrogen (secondary N) is 1. The van der Waals surface area contributed by atoms with Gasteiger partial charge >= 0.3 is 0 Å². The SMILES string of the molecule is Cc1nc(N)[nH]c(=O)c1N1CCN(c2ccccc2C#N)CC1. The molecule has 2 heterocycles. The summed E-state index contributed by atoms with van der Waals surface area (Å²) in [4.78, 5) is 23.0. The smallest absolute Gasteiger partial charge is 0.276 e. The summed E-state index contributed by atoms with van der Waals surface area (Å²) < 4.78 is 0. The molecule has 118 valence electrons. The van der Waals surface area contributed by atoms with Crippen LogP contribution in [-0.4, -0.2) is 36.1 Å². The van der Waals surface area contributed by atoms with E-state index >= 15 is 0 Å². The molecule has 0 atom stereocenters. The largest absolute Gasteiger partial charge is 0.369 e. The highest BCUT2D eigenvalue weighted by Gasteiger charge is 2.22. The van der Waals surface area contributed by atoms with Crippen LogP contribution in [0.4, 0.5) is 17.3 Å². The Kier molecular flexibility index (Phi) is 3.89. The van der Waals surface area contributed by atoms with Crippen LogP contribution < -0.4 is 21.1 Å². The van der Waals surface area contributed by atoms with Crippen molar-refractivity contribution in [1.29, 1.82) is 5.26 Å². The number of aryl methyl sites for hydroxylation is 1. The molecule has 3 rings (SSSR count). The van der Waals surface area contributed by atoms with Gasteiger partial charge in [0.1, 0.15) is 11.8 Å². The lowest BCUT2D eigenvalue weighted by atomic mass is 10.1. The van der Waals surface area contributed by atoms with Crippen LogP contribution in [0.2, 0.25) is 0 Å². The first-order valence-electron chi connectivity index (χ1n) is 7.45. The second kappa shape index (κ2) is 6.01. The molecule has 0 bridgehead atoms. The van der Waals surface area contributed by atoms with E-state index in [1.165, 1.54) is 0 Å². The standard InChI is InChI=1S/C16H18N6O/c1-11-14(15(23)20-16(18)19-11)22-8-6-21(7-9-22)13-5-3-2-4-12(13)10-17/h2-5H,6-9H2,1H3,(H3,18,19,20,23). The highest BCUT2D eigenvalue weighted by atomic mass is 16.1. The van der Waals surface area contributed by atoms with Gasteiger partial charge in [-0.25, -0.2) is 4.98 Å². The third-order valence-electron chi connectivity index (χ3n) is 4.05. The molecule has 0 saturated carbocycles. The first-order valence-corrected chi connectivity index (χ1v) is 7.45. The number of aromatic amines is 1. The van der Waals surface area contributed by atoms with E-state index in [-0.39, 0.29) is 11.5 Å². The Bertz CT molecular complexity index is 814. The van der Waals surface area contributed by atoms with Gasteiger partial charge in [-0.3, -0.25) is 9.78 Å². The van der Waals surface area contributed by atoms with Crippen molar-refractivity contribution in [2.75, 3.05) is 41.7 Å². The lowest BCUT2D eigenvalue weighted by molar-refractivity contribution is 0.647. The van der Waals surface area contributed by atoms with E-state index in [0.717, 1.165) is 18.8 Å². The zero-order valence-corrected chi connectivity index (χ0v) is 12.9. The minimum Gasteiger partial charge on any atom is -0.369 e. The van der Waals surface area contributed by atoms with Gasteiger partial charge in [0.15, 0.2) is 0 Å². The fourth-order valence-electron chi connectivity index (χ4n) is 2.99. The summed E-state index contributed by atoms with van der Waals surface area (Å²) in [5.74, 6) is 0.137. The quantitative estimate of drug-likeness (QED) is 0.853. The number of rotatable bonds is 2. The summed E-state index contributed by atoms with van der Waals surface area (Å²) in [5.41, 5.74) is 8.18. The highest BCUT2D eigenvalue weighted by Crippen LogP contribution is 2.23. The molecule has 2 aromatic rings. The van der Waals surface area contributed by atoms with Crippen LogP contribution >= 0.6 is 0 Å². The second-order valence-electron chi connectivity index (χ2n) is 5.49. The molecule has 1 aliphatic heterocycles. The van der Waals surface area contributed by atoms with Gasteiger partial charge in [-0.2, -0.15) is 5.26 Å². The lowest BCUT2D eigenvalue weighted by Crippen LogP contribution is -2.48. The van der Waals surface area contributed by atoms with Crippen LogP contribution in [0.1, 0.15) is 11.3 Å². The first-order chi connectivity index (χ1) is 11.1. The van der Waals surface area contributed by atoms with Crippen molar-refractivity contribution < 1.29 is 0 Å². The van der Waals surface area contributed by atoms with E-state index in [4.69, 9.17) is 5.73 Å². The number of anilines is 3. The maximum absolute atomic E-state index is 12.1. The van der Waals surface area contributed by atoms with Crippen molar-refractivity contribution in [2.45, 2.75) is 6.92 Å². The third-order valence-corrected chi connectivity index (χ3v) is 4.05. The zero-order chi connectivity index (χ0) is 16.4. The maximum Gasteiger partial charge on any atom is 0.276 e. The molecule has 0 unspecified atom stereocenters. The van der Waals surface area contributed by atoms with Gasteiger partial charge in [0, 0.05) is 26.2 Å². The second-order valence-corrected chi connectivity index (χ2v) is 5.49. The Balaban J connectivity index is 1.80. The Labute approximate surface area is 134 Å². The minimum atomic E-state index is -0.208. The normalized spacial score (nSPS) is 14.6. The Morgan fingerprint density at radius 3 is 2.52 bits per heavy atom. The van der Waals surface area contributed by atoms with Gasteiger partial charge in [-0.1, -0.05) is 12.1 Å². The van der Waals surface area contributed by atoms with E-state index < -0.39 is 0 Å². The molecule has 0 aliphatic carbocycles. The van der Waals surface area contributed by atoms with Crippen LogP contribution in [0, 0.1) is 18.3 Å². The molecule has 0 radical (unpaired) electrons. The van der Waals surface area contributed by atoms with Crippen molar-refractivity contribution in [3.63, 3.8) is 0 Å². The minimum absolute atomic E-state index is 0.137. The molecule has 0 amide bonds. The average Bonchev–Trinajstić information content (AvgIpc) is 2.54. The molecule has 1 saturated heterocycles. The van der Waals surface area contributed by atoms with Crippen LogP contribution in [0.3, 0.4) is 0 Å². The number of nitrogen functional groups attached to an aromatic ring is 1. The molecular weight excluding hydrogens is 292 g/mol. The monoisotopic (exact) mass is 310 g/mol. The summed E-state index contributed by atoms with van der Waals surface area (Å²) in [6, 6.07) is 9.80. The molecule has 1 fully saturated rings. The Morgan fingerprint density at radius 2 is 1.87 bits per heavy atom. The predicted molar refractivity (Wildman–Crippen MR) is 89.6 cm³/mol. The number of H-pyrrole nitrogens is 1. The highest BCUT2D eigenvalue weighted by molar-refractivity contribution is 5.60. The van der Waals surface area contributed by atoms with Gasteiger partial charge < -0.3 is 15.5 Å². The van der Waals surface area contributed by atoms with Crippen molar-refractivity contribution in [3.8, 4) is 6.07 Å². The lowest BCUT2D eigenvalue weighted by Gasteiger charge is -2.37. The molecule has 1 aliphatic rings. The molecular formula is C16H18N6O. The number of hydrogen-bond donors (Lipinski definition) is 2. The Morgan fingerprint density at radius 1 is 1.22 bits per heavy atom. The van der Waals surface area contributed by atoms with Crippen LogP contribution in [0.5, 0.6) is 0 Å². The molecule has 7 heteroatoms. The number of nitrogens with zero attached hydrogens (tertiary/aromatic N) is 4. The first kappa shape index (κ1) is 14.9. The molecule has 7 nitrogen and oxygen atoms in total. The summed E-state index contributed by atoms with van der Waals surface area (Å²) >= 11 is 0. The van der Waals surface area contributed by atoms with Crippen LogP contribution in [0.15, 0.2) is 29.1 Å². The van der Waals surface area contributed by atoms with Gasteiger partial charge in [-0.05, 0) is 19.1 Å². The number of aromatic nitrogens is 2. The van der Waals surface area contributed by atoms with E-state index in [0.29, 0.717) is 30.0 Å². The van der Waals surface area contributed by atoms with E-state index in [1.807, 2.05) is 29.2 Å². The summed E-state index contributed by atoms with van der Waals surface area (Å²) in [5, 5.41) is 9.23. The Hall–Kier alpha value is -3.01. The molecule has 3 N–H and O–H groups in total. The van der Waals surface area contributed by atoms with Gasteiger partial charge in [0.2, 0.25) is 5.95 Å². The van der Waals surface area contributed by atoms with Crippen LogP contribution in [-0.2, 0) is 0 Å². The number of nitrogens with two attached hydrogens (primary N) is 1. The number of benzene rings is 1. The zero-order valence-electron chi connectivity index (χ0n) is 12.9. The number of piperazine rings is 1. The average molecular weight is 310 g/mol. The number of hydrogen-bond acceptors (Lipinski definition) is 6. The maximum atomic E-state index is 12.1. The van der Waals surface area contributed by atoms with Gasteiger partial charge in [-0.15, -0.1) is 0 Å². The van der Waals surface area contributed by atoms with Crippen molar-refractivity contribution in [2.24, 2.45) is 0 Å². The van der Waals surface area contributed by atoms with Gasteiger partial charge in [0.25, 0.3) is 5.56 Å². The molecule has 0 spiro atoms. The fourth-order valence-corrected chi connectivity index (χ4v) is 2.99. The van der Waals surface area contributed by atoms with Crippen LogP contribution in [0.25, 0.3) is 0 Å². The van der Waals surface area contributed by atoms with Gasteiger partial charge in [0.05, 0.1) is 16.9 Å².